The summed E-state index contributed by atoms with van der Waals surface area (Å²) in [5.74, 6) is 0. The number of alkyl halides is 2. The molecule has 82 valence electrons. The number of rotatable bonds is 2. The van der Waals surface area contributed by atoms with E-state index in [-0.39, 0.29) is 0 Å². The summed E-state index contributed by atoms with van der Waals surface area (Å²) < 4.78 is -0.861. The molecule has 0 unspecified atom stereocenters. The summed E-state index contributed by atoms with van der Waals surface area (Å²) in [5.41, 5.74) is 1.59. The van der Waals surface area contributed by atoms with E-state index in [1.807, 2.05) is 36.4 Å². The van der Waals surface area contributed by atoms with Crippen molar-refractivity contribution in [1.82, 2.24) is 0 Å². The van der Waals surface area contributed by atoms with Crippen LogP contribution in [0.15, 0.2) is 64.5 Å². The number of nitrogens with zero attached hydrogens (tertiary/aromatic N) is 2. The number of hydrogen-bond donors (Lipinski definition) is 0. The Kier molecular flexibility index (Phi) is 3.42. The molecule has 16 heavy (non-hydrogen) atoms. The van der Waals surface area contributed by atoms with Gasteiger partial charge >= 0.3 is 0 Å². The average Bonchev–Trinajstić information content (AvgIpc) is 2.27. The van der Waals surface area contributed by atoms with E-state index in [9.17, 15) is 0 Å². The topological polar surface area (TPSA) is 24.7 Å². The summed E-state index contributed by atoms with van der Waals surface area (Å²) >= 11 is 12.0. The molecule has 1 aromatic rings. The van der Waals surface area contributed by atoms with Gasteiger partial charge in [-0.1, -0.05) is 47.5 Å². The number of benzene rings is 1. The SMILES string of the molecule is ClC1(Cl)C=CC=C(N=Nc2ccccc2)C1. The lowest BCUT2D eigenvalue weighted by Gasteiger charge is -2.17. The maximum absolute atomic E-state index is 5.98. The molecule has 0 saturated carbocycles. The molecular formula is C12H10Cl2N2. The second-order valence-electron chi connectivity index (χ2n) is 3.49. The van der Waals surface area contributed by atoms with Gasteiger partial charge in [0.1, 0.15) is 4.33 Å². The van der Waals surface area contributed by atoms with Crippen molar-refractivity contribution < 1.29 is 0 Å². The van der Waals surface area contributed by atoms with Crippen molar-refractivity contribution in [1.29, 1.82) is 0 Å². The molecule has 0 atom stereocenters. The highest BCUT2D eigenvalue weighted by molar-refractivity contribution is 6.50. The Balaban J connectivity index is 2.09. The molecule has 0 amide bonds. The van der Waals surface area contributed by atoms with Crippen LogP contribution in [-0.4, -0.2) is 4.33 Å². The molecule has 1 aromatic carbocycles. The van der Waals surface area contributed by atoms with E-state index in [0.717, 1.165) is 11.4 Å². The Morgan fingerprint density at radius 1 is 1.06 bits per heavy atom. The van der Waals surface area contributed by atoms with Crippen LogP contribution in [0.3, 0.4) is 0 Å². The van der Waals surface area contributed by atoms with Gasteiger partial charge < -0.3 is 0 Å². The van der Waals surface area contributed by atoms with Crippen LogP contribution in [0, 0.1) is 0 Å². The highest BCUT2D eigenvalue weighted by atomic mass is 35.5. The zero-order chi connectivity index (χ0) is 11.4. The fraction of sp³-hybridized carbons (Fsp3) is 0.167. The van der Waals surface area contributed by atoms with Crippen molar-refractivity contribution in [3.8, 4) is 0 Å². The van der Waals surface area contributed by atoms with Crippen molar-refractivity contribution in [2.75, 3.05) is 0 Å². The number of halogens is 2. The highest BCUT2D eigenvalue weighted by Gasteiger charge is 2.24. The van der Waals surface area contributed by atoms with Crippen molar-refractivity contribution in [3.05, 3.63) is 54.3 Å². The average molecular weight is 253 g/mol. The quantitative estimate of drug-likeness (QED) is 0.534. The third kappa shape index (κ3) is 3.19. The Morgan fingerprint density at radius 3 is 2.50 bits per heavy atom. The van der Waals surface area contributed by atoms with Crippen LogP contribution in [0.2, 0.25) is 0 Å². The van der Waals surface area contributed by atoms with Crippen molar-refractivity contribution >= 4 is 28.9 Å². The first kappa shape index (κ1) is 11.4. The molecule has 2 rings (SSSR count). The van der Waals surface area contributed by atoms with Gasteiger partial charge in [0.25, 0.3) is 0 Å². The summed E-state index contributed by atoms with van der Waals surface area (Å²) in [6.07, 6.45) is 5.86. The Morgan fingerprint density at radius 2 is 1.81 bits per heavy atom. The molecule has 0 saturated heterocycles. The molecule has 0 aromatic heterocycles. The van der Waals surface area contributed by atoms with Crippen molar-refractivity contribution in [3.63, 3.8) is 0 Å². The second kappa shape index (κ2) is 4.81. The molecule has 0 spiro atoms. The van der Waals surface area contributed by atoms with Crippen LogP contribution >= 0.6 is 23.2 Å². The van der Waals surface area contributed by atoms with Crippen molar-refractivity contribution in [2.24, 2.45) is 10.2 Å². The molecule has 0 bridgehead atoms. The molecular weight excluding hydrogens is 243 g/mol. The molecule has 0 radical (unpaired) electrons. The first-order valence-electron chi connectivity index (χ1n) is 4.89. The molecule has 1 aliphatic carbocycles. The standard InChI is InChI=1S/C12H10Cl2N2/c13-12(14)8-4-7-11(9-12)16-15-10-5-2-1-3-6-10/h1-8H,9H2. The predicted octanol–water partition coefficient (Wildman–Crippen LogP) is 4.79. The lowest BCUT2D eigenvalue weighted by molar-refractivity contribution is 0.866. The monoisotopic (exact) mass is 252 g/mol. The normalized spacial score (nSPS) is 18.8. The molecule has 0 heterocycles. The van der Waals surface area contributed by atoms with E-state index in [1.54, 1.807) is 12.2 Å². The first-order chi connectivity index (χ1) is 7.66. The van der Waals surface area contributed by atoms with E-state index in [2.05, 4.69) is 10.2 Å². The number of allylic oxidation sites excluding steroid dienone is 4. The van der Waals surface area contributed by atoms with Crippen LogP contribution in [0.25, 0.3) is 0 Å². The van der Waals surface area contributed by atoms with E-state index < -0.39 is 4.33 Å². The minimum Gasteiger partial charge on any atom is -0.155 e. The Labute approximate surface area is 104 Å². The van der Waals surface area contributed by atoms with E-state index in [0.29, 0.717) is 6.42 Å². The summed E-state index contributed by atoms with van der Waals surface area (Å²) in [6, 6.07) is 9.53. The van der Waals surface area contributed by atoms with Gasteiger partial charge in [0, 0.05) is 6.42 Å². The number of azo groups is 1. The summed E-state index contributed by atoms with van der Waals surface area (Å²) in [4.78, 5) is 0. The first-order valence-corrected chi connectivity index (χ1v) is 5.64. The molecule has 4 heteroatoms. The van der Waals surface area contributed by atoms with E-state index in [1.165, 1.54) is 0 Å². The van der Waals surface area contributed by atoms with Gasteiger partial charge in [-0.05, 0) is 24.3 Å². The predicted molar refractivity (Wildman–Crippen MR) is 67.2 cm³/mol. The third-order valence-corrected chi connectivity index (χ3v) is 2.61. The molecule has 0 fully saturated rings. The fourth-order valence-corrected chi connectivity index (χ4v) is 1.76. The zero-order valence-corrected chi connectivity index (χ0v) is 9.99. The highest BCUT2D eigenvalue weighted by Crippen LogP contribution is 2.34. The van der Waals surface area contributed by atoms with E-state index >= 15 is 0 Å². The van der Waals surface area contributed by atoms with Gasteiger partial charge in [-0.25, -0.2) is 0 Å². The summed E-state index contributed by atoms with van der Waals surface area (Å²) in [6.45, 7) is 0. The number of hydrogen-bond acceptors (Lipinski definition) is 2. The van der Waals surface area contributed by atoms with Gasteiger partial charge in [-0.15, -0.1) is 0 Å². The third-order valence-electron chi connectivity index (χ3n) is 2.10. The second-order valence-corrected chi connectivity index (χ2v) is 5.03. The van der Waals surface area contributed by atoms with Crippen LogP contribution in [-0.2, 0) is 0 Å². The molecule has 2 nitrogen and oxygen atoms in total. The van der Waals surface area contributed by atoms with Crippen LogP contribution in [0.4, 0.5) is 5.69 Å². The maximum atomic E-state index is 5.98. The van der Waals surface area contributed by atoms with Crippen molar-refractivity contribution in [2.45, 2.75) is 10.8 Å². The molecule has 0 N–H and O–H groups in total. The Bertz CT molecular complexity index is 447. The summed E-state index contributed by atoms with van der Waals surface area (Å²) in [5, 5.41) is 8.22. The van der Waals surface area contributed by atoms with Gasteiger partial charge in [-0.3, -0.25) is 0 Å². The van der Waals surface area contributed by atoms with Gasteiger partial charge in [-0.2, -0.15) is 10.2 Å². The Hall–Kier alpha value is -1.12. The van der Waals surface area contributed by atoms with Crippen LogP contribution in [0.1, 0.15) is 6.42 Å². The molecule has 1 aliphatic rings. The minimum absolute atomic E-state index is 0.475. The van der Waals surface area contributed by atoms with Crippen LogP contribution < -0.4 is 0 Å². The van der Waals surface area contributed by atoms with Crippen LogP contribution in [0.5, 0.6) is 0 Å². The smallest absolute Gasteiger partial charge is 0.142 e. The zero-order valence-electron chi connectivity index (χ0n) is 8.48. The maximum Gasteiger partial charge on any atom is 0.142 e. The fourth-order valence-electron chi connectivity index (χ4n) is 1.34. The molecule has 0 aliphatic heterocycles. The lowest BCUT2D eigenvalue weighted by atomic mass is 10.1. The lowest BCUT2D eigenvalue weighted by Crippen LogP contribution is -2.11. The largest absolute Gasteiger partial charge is 0.155 e. The summed E-state index contributed by atoms with van der Waals surface area (Å²) in [7, 11) is 0. The van der Waals surface area contributed by atoms with Gasteiger partial charge in [0.15, 0.2) is 0 Å². The minimum atomic E-state index is -0.861. The van der Waals surface area contributed by atoms with Gasteiger partial charge in [0.05, 0.1) is 11.4 Å². The van der Waals surface area contributed by atoms with E-state index in [4.69, 9.17) is 23.2 Å². The van der Waals surface area contributed by atoms with Gasteiger partial charge in [0.2, 0.25) is 0 Å².